The second-order valence-electron chi connectivity index (χ2n) is 7.68. The third-order valence-electron chi connectivity index (χ3n) is 6.46. The van der Waals surface area contributed by atoms with Crippen LogP contribution in [0.4, 0.5) is 0 Å². The Labute approximate surface area is 151 Å². The van der Waals surface area contributed by atoms with E-state index < -0.39 is 14.2 Å². The van der Waals surface area contributed by atoms with Crippen LogP contribution in [-0.2, 0) is 26.5 Å². The van der Waals surface area contributed by atoms with Crippen molar-refractivity contribution in [3.8, 4) is 0 Å². The largest absolute Gasteiger partial charge is 0.667 e. The predicted molar refractivity (Wildman–Crippen MR) is 90.8 cm³/mol. The van der Waals surface area contributed by atoms with E-state index in [-0.39, 0.29) is 27.6 Å². The van der Waals surface area contributed by atoms with Gasteiger partial charge in [0.25, 0.3) is 0 Å². The summed E-state index contributed by atoms with van der Waals surface area (Å²) in [7, 11) is -0.974. The number of amides is 1. The summed E-state index contributed by atoms with van der Waals surface area (Å²) >= 11 is 0. The standard InChI is InChI=1S/C18H29NOSi.Ti/c1-5-12-7-6-11(2)15(12)18(17(19)20)14-9-8-13(10-14)16(18)21(3)4;/h6-7,11,13-14,16,21H,5,8-10H2,1-4H3,(H2,19,20);/p-1. The molecule has 0 aromatic carbocycles. The maximum Gasteiger partial charge on any atom is 0.0595 e. The van der Waals surface area contributed by atoms with Crippen molar-refractivity contribution in [2.24, 2.45) is 23.2 Å². The van der Waals surface area contributed by atoms with Crippen LogP contribution < -0.4 is 0 Å². The molecule has 1 N–H and O–H groups in total. The number of carbonyl (C=O) groups excluding carboxylic acids is 1. The first-order valence-corrected chi connectivity index (χ1v) is 11.6. The molecule has 0 aliphatic heterocycles. The van der Waals surface area contributed by atoms with E-state index >= 15 is 0 Å². The molecule has 0 heterocycles. The fraction of sp³-hybridized carbons (Fsp3) is 0.722. The number of fused-ring (bicyclic) bond motifs is 2. The second-order valence-corrected chi connectivity index (χ2v) is 10.9. The molecule has 5 atom stereocenters. The molecule has 2 fully saturated rings. The van der Waals surface area contributed by atoms with E-state index in [0.29, 0.717) is 17.4 Å². The van der Waals surface area contributed by atoms with Gasteiger partial charge in [-0.25, -0.2) is 0 Å². The van der Waals surface area contributed by atoms with Gasteiger partial charge in [-0.05, 0) is 53.7 Å². The van der Waals surface area contributed by atoms with Gasteiger partial charge in [0.05, 0.1) is 5.91 Å². The summed E-state index contributed by atoms with van der Waals surface area (Å²) in [6, 6.07) is 0. The molecule has 0 spiro atoms. The third-order valence-corrected chi connectivity index (χ3v) is 8.97. The Morgan fingerprint density at radius 2 is 2.09 bits per heavy atom. The predicted octanol–water partition coefficient (Wildman–Crippen LogP) is 4.75. The van der Waals surface area contributed by atoms with Crippen LogP contribution in [0.1, 0.15) is 39.5 Å². The topological polar surface area (TPSA) is 40.9 Å². The van der Waals surface area contributed by atoms with Gasteiger partial charge in [-0.2, -0.15) is 0 Å². The van der Waals surface area contributed by atoms with E-state index in [2.05, 4.69) is 39.1 Å². The van der Waals surface area contributed by atoms with E-state index in [4.69, 9.17) is 5.73 Å². The maximum atomic E-state index is 12.7. The first-order valence-electron chi connectivity index (χ1n) is 8.62. The maximum absolute atomic E-state index is 12.7. The zero-order valence-electron chi connectivity index (χ0n) is 14.3. The normalized spacial score (nSPS) is 39.7. The van der Waals surface area contributed by atoms with E-state index in [0.717, 1.165) is 12.3 Å². The molecule has 22 heavy (non-hydrogen) atoms. The number of allylic oxidation sites excluding steroid dienone is 3. The average molecular weight is 350 g/mol. The molecule has 2 nitrogen and oxygen atoms in total. The summed E-state index contributed by atoms with van der Waals surface area (Å²) in [5, 5.41) is 0. The number of hydrogen-bond donors (Lipinski definition) is 0. The number of carbonyl (C=O) groups is 1. The molecular weight excluding hydrogens is 322 g/mol. The quantitative estimate of drug-likeness (QED) is 0.675. The number of rotatable bonds is 4. The fourth-order valence-corrected chi connectivity index (χ4v) is 9.11. The van der Waals surface area contributed by atoms with Gasteiger partial charge in [-0.15, -0.1) is 0 Å². The Kier molecular flexibility index (Phi) is 5.31. The summed E-state index contributed by atoms with van der Waals surface area (Å²) in [4.78, 5) is 12.7. The van der Waals surface area contributed by atoms with Crippen LogP contribution in [0.3, 0.4) is 0 Å². The number of nitrogens with one attached hydrogen (secondary N) is 1. The van der Waals surface area contributed by atoms with Crippen molar-refractivity contribution < 1.29 is 26.5 Å². The zero-order chi connectivity index (χ0) is 15.4. The smallest absolute Gasteiger partial charge is 0.0595 e. The monoisotopic (exact) mass is 350 g/mol. The zero-order valence-corrected chi connectivity index (χ0v) is 17.0. The van der Waals surface area contributed by atoms with E-state index in [1.54, 1.807) is 0 Å². The molecule has 0 saturated heterocycles. The minimum absolute atomic E-state index is 0. The van der Waals surface area contributed by atoms with Gasteiger partial charge < -0.3 is 10.5 Å². The summed E-state index contributed by atoms with van der Waals surface area (Å²) in [5.74, 6) is 1.25. The van der Waals surface area contributed by atoms with Crippen molar-refractivity contribution in [1.29, 1.82) is 0 Å². The van der Waals surface area contributed by atoms with Crippen LogP contribution in [-0.4, -0.2) is 14.7 Å². The molecule has 4 heteroatoms. The van der Waals surface area contributed by atoms with Crippen LogP contribution in [0.2, 0.25) is 18.6 Å². The molecule has 0 aromatic rings. The van der Waals surface area contributed by atoms with Crippen molar-refractivity contribution in [1.82, 2.24) is 0 Å². The van der Waals surface area contributed by atoms with E-state index in [9.17, 15) is 4.79 Å². The number of hydrogen-bond acceptors (Lipinski definition) is 1. The molecule has 2 bridgehead atoms. The minimum atomic E-state index is -0.974. The Hall–Kier alpha value is -0.119. The first kappa shape index (κ1) is 18.2. The van der Waals surface area contributed by atoms with Gasteiger partial charge in [0.15, 0.2) is 0 Å². The van der Waals surface area contributed by atoms with E-state index in [1.807, 2.05) is 0 Å². The average Bonchev–Trinajstić information content (AvgIpc) is 3.10. The Bertz CT molecular complexity index is 527. The van der Waals surface area contributed by atoms with Gasteiger partial charge in [0.1, 0.15) is 0 Å². The van der Waals surface area contributed by atoms with Crippen LogP contribution >= 0.6 is 0 Å². The van der Waals surface area contributed by atoms with Crippen LogP contribution in [0.15, 0.2) is 23.3 Å². The van der Waals surface area contributed by atoms with Gasteiger partial charge in [-0.3, -0.25) is 0 Å². The molecular formula is C18H28NOSiTi-. The minimum Gasteiger partial charge on any atom is -0.667 e. The van der Waals surface area contributed by atoms with Crippen molar-refractivity contribution >= 4 is 14.7 Å². The summed E-state index contributed by atoms with van der Waals surface area (Å²) in [6.07, 6.45) is 9.15. The molecule has 3 aliphatic carbocycles. The SMILES string of the molecule is CCC1=C(C2(C([NH-])=O)C3CCC(C3)C2[SiH](C)C)C(C)C=C1.[Ti]. The van der Waals surface area contributed by atoms with Gasteiger partial charge in [-0.1, -0.05) is 45.5 Å². The van der Waals surface area contributed by atoms with Crippen molar-refractivity contribution in [3.63, 3.8) is 0 Å². The molecule has 2 saturated carbocycles. The molecule has 3 rings (SSSR count). The van der Waals surface area contributed by atoms with Crippen molar-refractivity contribution in [2.75, 3.05) is 0 Å². The molecule has 5 unspecified atom stereocenters. The van der Waals surface area contributed by atoms with Gasteiger partial charge in [0.2, 0.25) is 0 Å². The van der Waals surface area contributed by atoms with Crippen LogP contribution in [0.5, 0.6) is 0 Å². The fourth-order valence-electron chi connectivity index (χ4n) is 6.02. The molecule has 0 aromatic heterocycles. The molecule has 3 aliphatic rings. The van der Waals surface area contributed by atoms with Crippen LogP contribution in [0.25, 0.3) is 5.73 Å². The van der Waals surface area contributed by atoms with E-state index in [1.165, 1.54) is 30.4 Å². The Balaban J connectivity index is 0.00000176. The first-order chi connectivity index (χ1) is 9.94. The Morgan fingerprint density at radius 3 is 2.64 bits per heavy atom. The van der Waals surface area contributed by atoms with Gasteiger partial charge >= 0.3 is 0 Å². The Morgan fingerprint density at radius 1 is 1.41 bits per heavy atom. The molecule has 1 amide bonds. The van der Waals surface area contributed by atoms with Crippen molar-refractivity contribution in [2.45, 2.75) is 58.2 Å². The van der Waals surface area contributed by atoms with Gasteiger partial charge in [0, 0.05) is 35.9 Å². The molecule has 0 radical (unpaired) electrons. The third kappa shape index (κ3) is 2.27. The summed E-state index contributed by atoms with van der Waals surface area (Å²) in [6.45, 7) is 9.20. The molecule has 120 valence electrons. The van der Waals surface area contributed by atoms with Crippen molar-refractivity contribution in [3.05, 3.63) is 29.0 Å². The second kappa shape index (κ2) is 6.41. The summed E-state index contributed by atoms with van der Waals surface area (Å²) < 4.78 is 0. The van der Waals surface area contributed by atoms with Crippen LogP contribution in [0, 0.1) is 23.2 Å². The summed E-state index contributed by atoms with van der Waals surface area (Å²) in [5.41, 5.74) is 11.0.